The van der Waals surface area contributed by atoms with Gasteiger partial charge in [0.05, 0.1) is 7.11 Å². The maximum atomic E-state index is 12.3. The fourth-order valence-electron chi connectivity index (χ4n) is 3.53. The van der Waals surface area contributed by atoms with E-state index in [0.29, 0.717) is 24.3 Å². The van der Waals surface area contributed by atoms with Gasteiger partial charge in [-0.3, -0.25) is 4.79 Å². The van der Waals surface area contributed by atoms with Crippen LogP contribution in [0.4, 0.5) is 0 Å². The van der Waals surface area contributed by atoms with Gasteiger partial charge in [-0.1, -0.05) is 39.8 Å². The number of nitrogens with zero attached hydrogens (tertiary/aromatic N) is 1. The molecular formula is C20H30N2O3. The van der Waals surface area contributed by atoms with Crippen LogP contribution < -0.4 is 10.1 Å². The number of hydrogen-bond donors (Lipinski definition) is 2. The lowest BCUT2D eigenvalue weighted by Gasteiger charge is -2.30. The van der Waals surface area contributed by atoms with Crippen molar-refractivity contribution in [3.05, 3.63) is 30.1 Å². The van der Waals surface area contributed by atoms with Gasteiger partial charge in [-0.25, -0.2) is 4.98 Å². The van der Waals surface area contributed by atoms with Crippen molar-refractivity contribution in [2.45, 2.75) is 40.5 Å². The first-order valence-electron chi connectivity index (χ1n) is 8.94. The SMILES string of the molecule is COc1ccnc(C(=O)NCCC2CC(C)(C)C=C[C@H](C)[C@H]2C)c1O. The van der Waals surface area contributed by atoms with Crippen LogP contribution in [0.5, 0.6) is 11.5 Å². The van der Waals surface area contributed by atoms with E-state index in [4.69, 9.17) is 4.74 Å². The van der Waals surface area contributed by atoms with Gasteiger partial charge in [0.15, 0.2) is 17.2 Å². The van der Waals surface area contributed by atoms with Crippen LogP contribution >= 0.6 is 0 Å². The molecule has 0 saturated heterocycles. The molecule has 5 nitrogen and oxygen atoms in total. The maximum absolute atomic E-state index is 12.3. The molecule has 1 amide bonds. The second-order valence-electron chi connectivity index (χ2n) is 7.79. The van der Waals surface area contributed by atoms with Crippen molar-refractivity contribution < 1.29 is 14.6 Å². The third-order valence-corrected chi connectivity index (χ3v) is 5.34. The fourth-order valence-corrected chi connectivity index (χ4v) is 3.53. The number of aromatic nitrogens is 1. The molecule has 0 aromatic carbocycles. The van der Waals surface area contributed by atoms with E-state index in [1.807, 2.05) is 0 Å². The number of hydrogen-bond acceptors (Lipinski definition) is 4. The van der Waals surface area contributed by atoms with E-state index in [1.54, 1.807) is 0 Å². The molecule has 1 aromatic rings. The molecule has 5 heteroatoms. The highest BCUT2D eigenvalue weighted by atomic mass is 16.5. The van der Waals surface area contributed by atoms with E-state index in [-0.39, 0.29) is 28.5 Å². The molecule has 2 rings (SSSR count). The van der Waals surface area contributed by atoms with Crippen LogP contribution in [0.15, 0.2) is 24.4 Å². The number of amides is 1. The summed E-state index contributed by atoms with van der Waals surface area (Å²) in [4.78, 5) is 16.3. The summed E-state index contributed by atoms with van der Waals surface area (Å²) in [6.45, 7) is 9.63. The summed E-state index contributed by atoms with van der Waals surface area (Å²) in [6.07, 6.45) is 8.11. The second kappa shape index (κ2) is 7.89. The minimum absolute atomic E-state index is 0.00336. The van der Waals surface area contributed by atoms with Gasteiger partial charge in [0, 0.05) is 18.8 Å². The summed E-state index contributed by atoms with van der Waals surface area (Å²) < 4.78 is 5.02. The molecule has 0 radical (unpaired) electrons. The number of nitrogens with one attached hydrogen (secondary N) is 1. The van der Waals surface area contributed by atoms with Gasteiger partial charge < -0.3 is 15.2 Å². The molecule has 3 atom stereocenters. The zero-order chi connectivity index (χ0) is 18.6. The van der Waals surface area contributed by atoms with Crippen molar-refractivity contribution in [1.82, 2.24) is 10.3 Å². The van der Waals surface area contributed by atoms with Crippen molar-refractivity contribution in [1.29, 1.82) is 0 Å². The summed E-state index contributed by atoms with van der Waals surface area (Å²) in [5.74, 6) is 1.29. The number of allylic oxidation sites excluding steroid dienone is 2. The summed E-state index contributed by atoms with van der Waals surface area (Å²) >= 11 is 0. The predicted octanol–water partition coefficient (Wildman–Crippen LogP) is 3.79. The smallest absolute Gasteiger partial charge is 0.273 e. The zero-order valence-electron chi connectivity index (χ0n) is 15.9. The molecule has 1 aliphatic carbocycles. The molecular weight excluding hydrogens is 316 g/mol. The molecule has 1 heterocycles. The van der Waals surface area contributed by atoms with E-state index in [9.17, 15) is 9.90 Å². The molecule has 1 aliphatic rings. The molecule has 0 spiro atoms. The van der Waals surface area contributed by atoms with E-state index in [2.05, 4.69) is 50.1 Å². The molecule has 0 saturated carbocycles. The molecule has 2 N–H and O–H groups in total. The Hall–Kier alpha value is -2.04. The standard InChI is InChI=1S/C20H30N2O3/c1-13-6-9-20(3,4)12-15(14(13)2)7-10-22-19(24)17-18(23)16(25-5)8-11-21-17/h6,8-9,11,13-15,23H,7,10,12H2,1-5H3,(H,22,24)/t13-,14+,15?/m0/s1. The van der Waals surface area contributed by atoms with Crippen molar-refractivity contribution >= 4 is 5.91 Å². The number of carbonyl (C=O) groups is 1. The lowest BCUT2D eigenvalue weighted by Crippen LogP contribution is -2.30. The second-order valence-corrected chi connectivity index (χ2v) is 7.79. The average Bonchev–Trinajstić information content (AvgIpc) is 2.66. The van der Waals surface area contributed by atoms with Crippen LogP contribution in [0.25, 0.3) is 0 Å². The lowest BCUT2D eigenvalue weighted by atomic mass is 9.76. The van der Waals surface area contributed by atoms with Gasteiger partial charge in [0.1, 0.15) is 0 Å². The minimum Gasteiger partial charge on any atom is -0.503 e. The Morgan fingerprint density at radius 2 is 2.16 bits per heavy atom. The Labute approximate surface area is 150 Å². The highest BCUT2D eigenvalue weighted by Crippen LogP contribution is 2.39. The summed E-state index contributed by atoms with van der Waals surface area (Å²) in [5, 5.41) is 12.9. The van der Waals surface area contributed by atoms with Gasteiger partial charge in [-0.2, -0.15) is 0 Å². The number of ether oxygens (including phenoxy) is 1. The van der Waals surface area contributed by atoms with Crippen molar-refractivity contribution in [3.63, 3.8) is 0 Å². The largest absolute Gasteiger partial charge is 0.503 e. The topological polar surface area (TPSA) is 71.5 Å². The number of pyridine rings is 1. The lowest BCUT2D eigenvalue weighted by molar-refractivity contribution is 0.0939. The van der Waals surface area contributed by atoms with E-state index >= 15 is 0 Å². The summed E-state index contributed by atoms with van der Waals surface area (Å²) in [5.41, 5.74) is 0.184. The molecule has 0 fully saturated rings. The Kier molecular flexibility index (Phi) is 6.09. The number of carbonyl (C=O) groups excluding carboxylic acids is 1. The number of methoxy groups -OCH3 is 1. The molecule has 25 heavy (non-hydrogen) atoms. The van der Waals surface area contributed by atoms with Crippen LogP contribution in [-0.2, 0) is 0 Å². The monoisotopic (exact) mass is 346 g/mol. The molecule has 0 aliphatic heterocycles. The van der Waals surface area contributed by atoms with Gasteiger partial charge in [0.25, 0.3) is 5.91 Å². The van der Waals surface area contributed by atoms with Gasteiger partial charge in [-0.15, -0.1) is 0 Å². The van der Waals surface area contributed by atoms with Crippen LogP contribution in [0.3, 0.4) is 0 Å². The van der Waals surface area contributed by atoms with Crippen LogP contribution in [0.1, 0.15) is 51.0 Å². The molecule has 0 bridgehead atoms. The Balaban J connectivity index is 1.97. The average molecular weight is 346 g/mol. The first-order chi connectivity index (χ1) is 11.7. The number of rotatable bonds is 5. The third-order valence-electron chi connectivity index (χ3n) is 5.34. The normalized spacial score (nSPS) is 25.2. The van der Waals surface area contributed by atoms with E-state index in [1.165, 1.54) is 19.4 Å². The molecule has 138 valence electrons. The predicted molar refractivity (Wildman–Crippen MR) is 98.8 cm³/mol. The van der Waals surface area contributed by atoms with Crippen molar-refractivity contribution in [2.24, 2.45) is 23.2 Å². The highest BCUT2D eigenvalue weighted by molar-refractivity contribution is 5.95. The zero-order valence-corrected chi connectivity index (χ0v) is 15.9. The van der Waals surface area contributed by atoms with Gasteiger partial charge in [-0.05, 0) is 36.0 Å². The number of aromatic hydroxyl groups is 1. The Morgan fingerprint density at radius 3 is 2.84 bits per heavy atom. The maximum Gasteiger partial charge on any atom is 0.273 e. The molecule has 1 aromatic heterocycles. The van der Waals surface area contributed by atoms with Crippen molar-refractivity contribution in [3.8, 4) is 11.5 Å². The van der Waals surface area contributed by atoms with Crippen LogP contribution in [0.2, 0.25) is 0 Å². The van der Waals surface area contributed by atoms with Crippen LogP contribution in [0, 0.1) is 23.2 Å². The quantitative estimate of drug-likeness (QED) is 0.796. The Bertz CT molecular complexity index is 640. The first kappa shape index (κ1) is 19.3. The van der Waals surface area contributed by atoms with Crippen LogP contribution in [-0.4, -0.2) is 29.7 Å². The van der Waals surface area contributed by atoms with Crippen molar-refractivity contribution in [2.75, 3.05) is 13.7 Å². The van der Waals surface area contributed by atoms with E-state index in [0.717, 1.165) is 12.8 Å². The van der Waals surface area contributed by atoms with E-state index < -0.39 is 0 Å². The highest BCUT2D eigenvalue weighted by Gasteiger charge is 2.30. The minimum atomic E-state index is -0.372. The molecule has 1 unspecified atom stereocenters. The van der Waals surface area contributed by atoms with Gasteiger partial charge in [0.2, 0.25) is 0 Å². The third kappa shape index (κ3) is 4.74. The Morgan fingerprint density at radius 1 is 1.44 bits per heavy atom. The first-order valence-corrected chi connectivity index (χ1v) is 8.94. The summed E-state index contributed by atoms with van der Waals surface area (Å²) in [7, 11) is 1.45. The fraction of sp³-hybridized carbons (Fsp3) is 0.600. The summed E-state index contributed by atoms with van der Waals surface area (Å²) in [6, 6.07) is 1.52. The van der Waals surface area contributed by atoms with Gasteiger partial charge >= 0.3 is 0 Å².